The van der Waals surface area contributed by atoms with E-state index < -0.39 is 8.24 Å². The predicted octanol–water partition coefficient (Wildman–Crippen LogP) is -0.120. The van der Waals surface area contributed by atoms with Crippen LogP contribution in [0.5, 0.6) is 0 Å². The molecule has 0 spiro atoms. The molecule has 4 heteroatoms. The van der Waals surface area contributed by atoms with Crippen molar-refractivity contribution < 1.29 is 0 Å². The summed E-state index contributed by atoms with van der Waals surface area (Å²) in [5.41, 5.74) is 0. The Morgan fingerprint density at radius 3 is 1.44 bits per heavy atom. The summed E-state index contributed by atoms with van der Waals surface area (Å²) in [6, 6.07) is 0. The summed E-state index contributed by atoms with van der Waals surface area (Å²) in [6.45, 7) is 7.08. The van der Waals surface area contributed by atoms with E-state index in [1.54, 1.807) is 0 Å². The summed E-state index contributed by atoms with van der Waals surface area (Å²) in [7, 11) is 4.38. The quantitative estimate of drug-likeness (QED) is 0.413. The monoisotopic (exact) mass is 162 g/mol. The summed E-state index contributed by atoms with van der Waals surface area (Å²) in [5, 5.41) is 2.21. The molecule has 9 heavy (non-hydrogen) atoms. The average Bonchev–Trinajstić information content (AvgIpc) is 1.62. The second-order valence-electron chi connectivity index (χ2n) is 3.54. The third kappa shape index (κ3) is 3.15. The van der Waals surface area contributed by atoms with Crippen LogP contribution in [0.15, 0.2) is 0 Å². The van der Waals surface area contributed by atoms with Crippen molar-refractivity contribution in [2.75, 3.05) is 14.1 Å². The molecule has 0 aromatic heterocycles. The molecular weight excluding hydrogens is 144 g/mol. The first-order valence-electron chi connectivity index (χ1n) is 3.27. The normalized spacial score (nSPS) is 13.7. The van der Waals surface area contributed by atoms with Gasteiger partial charge in [0.1, 0.15) is 8.24 Å². The maximum absolute atomic E-state index is 2.47. The lowest BCUT2D eigenvalue weighted by molar-refractivity contribution is 0.221. The molecule has 0 N–H and O–H groups in total. The second kappa shape index (κ2) is 2.96. The van der Waals surface area contributed by atoms with Crippen LogP contribution in [0.25, 0.3) is 0 Å². The van der Waals surface area contributed by atoms with Gasteiger partial charge in [-0.05, 0) is 0 Å². The van der Waals surface area contributed by atoms with Gasteiger partial charge in [-0.25, -0.2) is 0 Å². The van der Waals surface area contributed by atoms with Crippen molar-refractivity contribution in [3.63, 3.8) is 0 Å². The number of rotatable bonds is 2. The molecule has 0 rings (SSSR count). The zero-order valence-electron chi connectivity index (χ0n) is 7.39. The average molecular weight is 162 g/mol. The van der Waals surface area contributed by atoms with Crippen molar-refractivity contribution in [1.29, 1.82) is 0 Å². The fourth-order valence-electron chi connectivity index (χ4n) is 0.600. The van der Waals surface area contributed by atoms with Gasteiger partial charge in [-0.1, -0.05) is 19.6 Å². The molecule has 56 valence electrons. The van der Waals surface area contributed by atoms with E-state index in [4.69, 9.17) is 0 Å². The smallest absolute Gasteiger partial charge is 0.126 e. The van der Waals surface area contributed by atoms with Crippen LogP contribution in [0.1, 0.15) is 0 Å². The third-order valence-corrected chi connectivity index (χ3v) is 8.74. The fourth-order valence-corrected chi connectivity index (χ4v) is 1.80. The van der Waals surface area contributed by atoms with E-state index in [1.807, 2.05) is 0 Å². The molecule has 0 saturated carbocycles. The Morgan fingerprint density at radius 1 is 1.11 bits per heavy atom. The van der Waals surface area contributed by atoms with Gasteiger partial charge in [-0.3, -0.25) is 9.35 Å². The Morgan fingerprint density at radius 2 is 1.44 bits per heavy atom. The highest BCUT2D eigenvalue weighted by molar-refractivity contribution is 6.76. The van der Waals surface area contributed by atoms with Gasteiger partial charge in [0.25, 0.3) is 0 Å². The highest BCUT2D eigenvalue weighted by Gasteiger charge is 2.20. The lowest BCUT2D eigenvalue weighted by atomic mass is 11.2. The van der Waals surface area contributed by atoms with Crippen molar-refractivity contribution >= 4 is 18.6 Å². The maximum atomic E-state index is 2.47. The minimum absolute atomic E-state index is 1.00. The molecule has 0 bridgehead atoms. The fraction of sp³-hybridized carbons (Fsp3) is 1.00. The molecule has 0 aromatic rings. The van der Waals surface area contributed by atoms with Crippen molar-refractivity contribution in [2.24, 2.45) is 0 Å². The topological polar surface area (TPSA) is 6.48 Å². The molecular formula is C5H18N2Si2. The van der Waals surface area contributed by atoms with Crippen LogP contribution in [-0.4, -0.2) is 42.1 Å². The van der Waals surface area contributed by atoms with Gasteiger partial charge >= 0.3 is 0 Å². The van der Waals surface area contributed by atoms with Crippen LogP contribution in [-0.2, 0) is 0 Å². The van der Waals surface area contributed by atoms with Gasteiger partial charge < -0.3 is 0 Å². The first kappa shape index (κ1) is 9.35. The van der Waals surface area contributed by atoms with Crippen molar-refractivity contribution in [3.05, 3.63) is 0 Å². The van der Waals surface area contributed by atoms with Crippen LogP contribution in [0.3, 0.4) is 0 Å². The van der Waals surface area contributed by atoms with E-state index in [-0.39, 0.29) is 0 Å². The Kier molecular flexibility index (Phi) is 3.08. The molecule has 0 radical (unpaired) electrons. The van der Waals surface area contributed by atoms with Gasteiger partial charge in [0.05, 0.1) is 10.4 Å². The van der Waals surface area contributed by atoms with E-state index in [1.165, 1.54) is 0 Å². The van der Waals surface area contributed by atoms with Crippen LogP contribution in [0, 0.1) is 0 Å². The summed E-state index contributed by atoms with van der Waals surface area (Å²) < 4.78 is 2.47. The molecule has 0 aliphatic rings. The minimum Gasteiger partial charge on any atom is -0.294 e. The van der Waals surface area contributed by atoms with Crippen molar-refractivity contribution in [3.8, 4) is 0 Å². The van der Waals surface area contributed by atoms with E-state index in [9.17, 15) is 0 Å². The zero-order chi connectivity index (χ0) is 7.65. The molecule has 0 aliphatic carbocycles. The molecule has 2 nitrogen and oxygen atoms in total. The third-order valence-electron chi connectivity index (χ3n) is 1.57. The van der Waals surface area contributed by atoms with Crippen LogP contribution < -0.4 is 0 Å². The van der Waals surface area contributed by atoms with E-state index in [0.29, 0.717) is 0 Å². The summed E-state index contributed by atoms with van der Waals surface area (Å²) in [4.78, 5) is 0. The summed E-state index contributed by atoms with van der Waals surface area (Å²) >= 11 is 0. The standard InChI is InChI=1S/C5H18N2Si2/c1-6(2)7(8)9(3,4)5/h1-5,8H3. The second-order valence-corrected chi connectivity index (χ2v) is 10.3. The first-order chi connectivity index (χ1) is 3.85. The zero-order valence-corrected chi connectivity index (χ0v) is 10.4. The van der Waals surface area contributed by atoms with E-state index >= 15 is 0 Å². The lowest BCUT2D eigenvalue weighted by Gasteiger charge is -2.35. The number of hydrazine groups is 1. The Hall–Kier alpha value is 0.354. The van der Waals surface area contributed by atoms with Crippen LogP contribution >= 0.6 is 0 Å². The van der Waals surface area contributed by atoms with E-state index in [2.05, 4.69) is 43.1 Å². The van der Waals surface area contributed by atoms with Crippen LogP contribution in [0.2, 0.25) is 19.6 Å². The minimum atomic E-state index is -1.00. The highest BCUT2D eigenvalue weighted by atomic mass is 28.4. The molecule has 0 fully saturated rings. The molecule has 0 atom stereocenters. The Bertz CT molecular complexity index is 87.4. The lowest BCUT2D eigenvalue weighted by Crippen LogP contribution is -2.51. The van der Waals surface area contributed by atoms with Crippen molar-refractivity contribution in [2.45, 2.75) is 19.6 Å². The number of nitrogens with zero attached hydrogens (tertiary/aromatic N) is 2. The molecule has 0 aromatic carbocycles. The maximum Gasteiger partial charge on any atom is 0.126 e. The highest BCUT2D eigenvalue weighted by Crippen LogP contribution is 2.05. The van der Waals surface area contributed by atoms with Gasteiger partial charge in [-0.2, -0.15) is 0 Å². The molecule has 0 heterocycles. The SMILES string of the molecule is CN(C)N([SiH3])[Si](C)(C)C. The number of hydrogen-bond donors (Lipinski definition) is 0. The Labute approximate surface area is 62.4 Å². The first-order valence-corrected chi connectivity index (χ1v) is 7.61. The molecule has 0 aliphatic heterocycles. The summed E-state index contributed by atoms with van der Waals surface area (Å²) in [5.74, 6) is 0. The predicted molar refractivity (Wildman–Crippen MR) is 48.8 cm³/mol. The Balaban J connectivity index is 3.88. The molecule has 0 saturated heterocycles. The van der Waals surface area contributed by atoms with Gasteiger partial charge in [0.2, 0.25) is 0 Å². The number of hydrogen-bond acceptors (Lipinski definition) is 2. The van der Waals surface area contributed by atoms with E-state index in [0.717, 1.165) is 10.4 Å². The molecule has 0 unspecified atom stereocenters. The van der Waals surface area contributed by atoms with Crippen molar-refractivity contribution in [1.82, 2.24) is 9.35 Å². The van der Waals surface area contributed by atoms with Crippen LogP contribution in [0.4, 0.5) is 0 Å². The van der Waals surface area contributed by atoms with Gasteiger partial charge in [-0.15, -0.1) is 0 Å². The summed E-state index contributed by atoms with van der Waals surface area (Å²) in [6.07, 6.45) is 0. The molecule has 0 amide bonds. The largest absolute Gasteiger partial charge is 0.294 e. The van der Waals surface area contributed by atoms with Gasteiger partial charge in [0.15, 0.2) is 0 Å². The van der Waals surface area contributed by atoms with Gasteiger partial charge in [0, 0.05) is 14.1 Å².